The molecule has 2 N–H and O–H groups in total. The van der Waals surface area contributed by atoms with E-state index in [-0.39, 0.29) is 43.5 Å². The molecule has 1 aromatic carbocycles. The molecule has 2 aromatic rings. The first-order valence-electron chi connectivity index (χ1n) is 18.9. The van der Waals surface area contributed by atoms with Crippen LogP contribution in [0.1, 0.15) is 83.5 Å². The number of allylic oxidation sites excluding steroid dienone is 1. The highest BCUT2D eigenvalue weighted by Crippen LogP contribution is 2.46. The molecule has 4 amide bonds. The van der Waals surface area contributed by atoms with Crippen molar-refractivity contribution in [1.29, 1.82) is 0 Å². The maximum Gasteiger partial charge on any atom is 0.259 e. The van der Waals surface area contributed by atoms with E-state index < -0.39 is 56.6 Å². The summed E-state index contributed by atoms with van der Waals surface area (Å²) in [7, 11) is -2.35. The van der Waals surface area contributed by atoms with Gasteiger partial charge in [-0.05, 0) is 76.0 Å². The summed E-state index contributed by atoms with van der Waals surface area (Å²) in [6, 6.07) is 4.21. The number of carbonyl (C=O) groups excluding carboxylic acids is 4. The molecule has 4 heterocycles. The Hall–Kier alpha value is -3.91. The van der Waals surface area contributed by atoms with Gasteiger partial charge in [0, 0.05) is 54.7 Å². The number of hydrogen-bond donors (Lipinski definition) is 2. The monoisotopic (exact) mass is 769 g/mol. The average molecular weight is 770 g/mol. The van der Waals surface area contributed by atoms with Gasteiger partial charge in [0.2, 0.25) is 33.6 Å². The molecule has 2 aliphatic carbocycles. The topological polar surface area (TPSA) is 164 Å². The maximum absolute atomic E-state index is 14.6. The molecule has 13 nitrogen and oxygen atoms in total. The van der Waals surface area contributed by atoms with Gasteiger partial charge in [-0.15, -0.1) is 0 Å². The zero-order chi connectivity index (χ0) is 37.3. The van der Waals surface area contributed by atoms with Gasteiger partial charge >= 0.3 is 0 Å². The number of amides is 4. The molecule has 53 heavy (non-hydrogen) atoms. The van der Waals surface area contributed by atoms with E-state index in [1.165, 1.54) is 12.0 Å². The van der Waals surface area contributed by atoms with Crippen LogP contribution < -0.4 is 19.5 Å². The highest BCUT2D eigenvalue weighted by molar-refractivity contribution is 7.91. The predicted octanol–water partition coefficient (Wildman–Crippen LogP) is 4.27. The number of carbonyl (C=O) groups is 4. The molecule has 0 spiro atoms. The standard InChI is InChI=1S/C38H48ClN5O8S/c1-51-31-15-14-29-28(33(31)39)16-17-40-35(29)52-26-21-30-34(46)41-38(37(48)42-53(49,50)27-12-13-27)22-25(38)11-7-4-2-3-6-10-24(36(47)44(30)23-26)20-32(45)43-18-8-5-9-19-43/h7,11,14-17,24-27,30H,2-6,8-10,12-13,18-23H2,1H3,(H,41,46)(H,42,48)/t24-,25-,26-,30+,38-/m1/s1. The highest BCUT2D eigenvalue weighted by atomic mass is 35.5. The Kier molecular flexibility index (Phi) is 10.9. The molecule has 15 heteroatoms. The molecule has 0 radical (unpaired) electrons. The molecular formula is C38H48ClN5O8S. The summed E-state index contributed by atoms with van der Waals surface area (Å²) in [6.07, 6.45) is 12.7. The van der Waals surface area contributed by atoms with Crippen molar-refractivity contribution < 1.29 is 37.1 Å². The minimum Gasteiger partial charge on any atom is -0.495 e. The zero-order valence-corrected chi connectivity index (χ0v) is 31.6. The normalized spacial score (nSPS) is 28.3. The fourth-order valence-electron chi connectivity index (χ4n) is 8.04. The number of aromatic nitrogens is 1. The Morgan fingerprint density at radius 2 is 1.81 bits per heavy atom. The van der Waals surface area contributed by atoms with E-state index >= 15 is 0 Å². The third-order valence-electron chi connectivity index (χ3n) is 11.4. The Morgan fingerprint density at radius 3 is 2.57 bits per heavy atom. The summed E-state index contributed by atoms with van der Waals surface area (Å²) in [5.41, 5.74) is -1.47. The van der Waals surface area contributed by atoms with Crippen LogP contribution in [0.25, 0.3) is 10.8 Å². The molecule has 5 aliphatic rings. The number of benzene rings is 1. The van der Waals surface area contributed by atoms with Gasteiger partial charge in [0.25, 0.3) is 5.91 Å². The summed E-state index contributed by atoms with van der Waals surface area (Å²) in [6.45, 7) is 1.39. The quantitative estimate of drug-likeness (QED) is 0.374. The van der Waals surface area contributed by atoms with Crippen molar-refractivity contribution in [3.8, 4) is 11.6 Å². The largest absolute Gasteiger partial charge is 0.495 e. The van der Waals surface area contributed by atoms with Gasteiger partial charge in [0.05, 0.1) is 23.9 Å². The number of halogens is 1. The van der Waals surface area contributed by atoms with Gasteiger partial charge in [0.1, 0.15) is 23.4 Å². The SMILES string of the molecule is COc1ccc2c(O[C@@H]3C[C@H]4C(=O)N[C@]5(C(=O)NS(=O)(=O)C6CC6)C[C@H]5C=CCCCCC[C@H](CC(=O)N5CCCCC5)C(=O)N4C3)nccc2c1Cl. The molecule has 2 saturated carbocycles. The molecule has 1 aromatic heterocycles. The third kappa shape index (κ3) is 7.99. The number of pyridine rings is 1. The average Bonchev–Trinajstić information content (AvgIpc) is 4.08. The summed E-state index contributed by atoms with van der Waals surface area (Å²) in [4.78, 5) is 64.1. The smallest absolute Gasteiger partial charge is 0.259 e. The second-order valence-corrected chi connectivity index (χ2v) is 17.5. The van der Waals surface area contributed by atoms with Crippen LogP contribution in [0.2, 0.25) is 5.02 Å². The number of nitrogens with one attached hydrogen (secondary N) is 2. The van der Waals surface area contributed by atoms with Crippen LogP contribution in [0.3, 0.4) is 0 Å². The van der Waals surface area contributed by atoms with Gasteiger partial charge in [0.15, 0.2) is 0 Å². The minimum absolute atomic E-state index is 0.0475. The molecule has 3 aliphatic heterocycles. The van der Waals surface area contributed by atoms with Crippen molar-refractivity contribution in [3.63, 3.8) is 0 Å². The third-order valence-corrected chi connectivity index (χ3v) is 13.6. The van der Waals surface area contributed by atoms with E-state index in [1.54, 1.807) is 24.4 Å². The fraction of sp³-hybridized carbons (Fsp3) is 0.605. The van der Waals surface area contributed by atoms with Gasteiger partial charge in [-0.3, -0.25) is 23.9 Å². The number of methoxy groups -OCH3 is 1. The number of rotatable bonds is 8. The first-order chi connectivity index (χ1) is 25.5. The number of fused-ring (bicyclic) bond motifs is 3. The number of ether oxygens (including phenoxy) is 2. The summed E-state index contributed by atoms with van der Waals surface area (Å²) >= 11 is 6.61. The lowest BCUT2D eigenvalue weighted by Gasteiger charge is -2.31. The van der Waals surface area contributed by atoms with Crippen molar-refractivity contribution in [2.45, 2.75) is 106 Å². The summed E-state index contributed by atoms with van der Waals surface area (Å²) < 4.78 is 39.7. The lowest BCUT2D eigenvalue weighted by Crippen LogP contribution is -2.57. The van der Waals surface area contributed by atoms with Crippen LogP contribution in [0.4, 0.5) is 0 Å². The fourth-order valence-corrected chi connectivity index (χ4v) is 9.71. The van der Waals surface area contributed by atoms with Crippen LogP contribution >= 0.6 is 11.6 Å². The number of likely N-dealkylation sites (tertiary alicyclic amines) is 1. The van der Waals surface area contributed by atoms with Gasteiger partial charge in [-0.2, -0.15) is 0 Å². The Labute approximate surface area is 315 Å². The van der Waals surface area contributed by atoms with Crippen LogP contribution in [0.5, 0.6) is 11.6 Å². The number of nitrogens with zero attached hydrogens (tertiary/aromatic N) is 3. The Bertz CT molecular complexity index is 1900. The van der Waals surface area contributed by atoms with Crippen LogP contribution in [-0.4, -0.2) is 96.5 Å². The predicted molar refractivity (Wildman–Crippen MR) is 198 cm³/mol. The molecule has 286 valence electrons. The molecule has 0 unspecified atom stereocenters. The van der Waals surface area contributed by atoms with Gasteiger partial charge in [-0.1, -0.05) is 36.6 Å². The van der Waals surface area contributed by atoms with E-state index in [1.807, 2.05) is 17.1 Å². The first kappa shape index (κ1) is 37.4. The molecule has 5 atom stereocenters. The second kappa shape index (κ2) is 15.4. The molecule has 7 rings (SSSR count). The Morgan fingerprint density at radius 1 is 1.04 bits per heavy atom. The minimum atomic E-state index is -3.87. The number of piperidine rings is 1. The highest BCUT2D eigenvalue weighted by Gasteiger charge is 2.62. The van der Waals surface area contributed by atoms with E-state index in [0.717, 1.165) is 44.9 Å². The van der Waals surface area contributed by atoms with Crippen molar-refractivity contribution in [2.24, 2.45) is 11.8 Å². The second-order valence-electron chi connectivity index (χ2n) is 15.1. The van der Waals surface area contributed by atoms with E-state index in [0.29, 0.717) is 53.9 Å². The first-order valence-corrected chi connectivity index (χ1v) is 20.8. The molecule has 4 fully saturated rings. The molecular weight excluding hydrogens is 722 g/mol. The zero-order valence-electron chi connectivity index (χ0n) is 30.1. The summed E-state index contributed by atoms with van der Waals surface area (Å²) in [5.74, 6) is -1.99. The Balaban J connectivity index is 1.19. The van der Waals surface area contributed by atoms with E-state index in [2.05, 4.69) is 15.0 Å². The van der Waals surface area contributed by atoms with E-state index in [9.17, 15) is 27.6 Å². The van der Waals surface area contributed by atoms with Crippen molar-refractivity contribution >= 4 is 56.0 Å². The summed E-state index contributed by atoms with van der Waals surface area (Å²) in [5, 5.41) is 3.99. The molecule has 0 bridgehead atoms. The number of hydrogen-bond acceptors (Lipinski definition) is 9. The van der Waals surface area contributed by atoms with Crippen molar-refractivity contribution in [1.82, 2.24) is 24.8 Å². The maximum atomic E-state index is 14.6. The van der Waals surface area contributed by atoms with Crippen LogP contribution in [0.15, 0.2) is 36.5 Å². The lowest BCUT2D eigenvalue weighted by atomic mass is 9.94. The lowest BCUT2D eigenvalue weighted by molar-refractivity contribution is -0.145. The van der Waals surface area contributed by atoms with Crippen molar-refractivity contribution in [2.75, 3.05) is 26.7 Å². The number of sulfonamides is 1. The van der Waals surface area contributed by atoms with Gasteiger partial charge < -0.3 is 24.6 Å². The molecule has 2 saturated heterocycles. The van der Waals surface area contributed by atoms with Crippen molar-refractivity contribution in [3.05, 3.63) is 41.6 Å². The van der Waals surface area contributed by atoms with E-state index in [4.69, 9.17) is 21.1 Å². The van der Waals surface area contributed by atoms with Gasteiger partial charge in [-0.25, -0.2) is 13.4 Å². The van der Waals surface area contributed by atoms with Crippen LogP contribution in [0, 0.1) is 11.8 Å². The van der Waals surface area contributed by atoms with Crippen LogP contribution in [-0.2, 0) is 29.2 Å².